The first-order valence-electron chi connectivity index (χ1n) is 6.85. The Bertz CT molecular complexity index is 728. The van der Waals surface area contributed by atoms with Gasteiger partial charge in [-0.05, 0) is 23.4 Å². The average molecular weight is 263 g/mol. The van der Waals surface area contributed by atoms with Crippen molar-refractivity contribution in [1.29, 1.82) is 0 Å². The molecule has 2 aromatic carbocycles. The molecule has 100 valence electrons. The highest BCUT2D eigenvalue weighted by Crippen LogP contribution is 2.18. The molecule has 0 aliphatic heterocycles. The second-order valence-electron chi connectivity index (χ2n) is 5.16. The summed E-state index contributed by atoms with van der Waals surface area (Å²) in [5.41, 5.74) is 3.68. The van der Waals surface area contributed by atoms with Crippen LogP contribution in [0.4, 0.5) is 0 Å². The van der Waals surface area contributed by atoms with Crippen molar-refractivity contribution in [2.24, 2.45) is 0 Å². The second-order valence-corrected chi connectivity index (χ2v) is 5.16. The van der Waals surface area contributed by atoms with Crippen molar-refractivity contribution in [1.82, 2.24) is 4.98 Å². The number of nitrogens with one attached hydrogen (secondary N) is 1. The summed E-state index contributed by atoms with van der Waals surface area (Å²) in [6.07, 6.45) is 3.33. The van der Waals surface area contributed by atoms with Crippen LogP contribution in [0.3, 0.4) is 0 Å². The Morgan fingerprint density at radius 3 is 2.15 bits per heavy atom. The summed E-state index contributed by atoms with van der Waals surface area (Å²) in [7, 11) is 0. The molecule has 3 aromatic rings. The Balaban J connectivity index is 0.000000121. The van der Waals surface area contributed by atoms with Crippen LogP contribution in [0.5, 0.6) is 0 Å². The van der Waals surface area contributed by atoms with Crippen molar-refractivity contribution in [3.8, 4) is 0 Å². The molecule has 0 atom stereocenters. The molecule has 1 heterocycles. The predicted octanol–water partition coefficient (Wildman–Crippen LogP) is 3.83. The van der Waals surface area contributed by atoms with Gasteiger partial charge in [0.15, 0.2) is 0 Å². The third-order valence-corrected chi connectivity index (χ3v) is 3.70. The molecular weight excluding hydrogens is 246 g/mol. The first-order chi connectivity index (χ1) is 9.74. The monoisotopic (exact) mass is 263 g/mol. The lowest BCUT2D eigenvalue weighted by Crippen LogP contribution is -1.92. The molecule has 1 N–H and O–H groups in total. The Morgan fingerprint density at radius 1 is 0.900 bits per heavy atom. The number of Topliss-reactive ketones (excluding diaryl/α,β-unsaturated/α-hetero) is 1. The summed E-state index contributed by atoms with van der Waals surface area (Å²) >= 11 is 0. The third-order valence-electron chi connectivity index (χ3n) is 3.70. The number of H-pyrrole nitrogens is 1. The van der Waals surface area contributed by atoms with Crippen LogP contribution in [0.1, 0.15) is 16.8 Å². The first kappa shape index (κ1) is 12.7. The van der Waals surface area contributed by atoms with Gasteiger partial charge in [0.25, 0.3) is 0 Å². The van der Waals surface area contributed by atoms with Crippen molar-refractivity contribution in [3.05, 3.63) is 71.5 Å². The highest BCUT2D eigenvalue weighted by molar-refractivity contribution is 5.87. The number of ketones is 1. The Labute approximate surface area is 118 Å². The largest absolute Gasteiger partial charge is 0.364 e. The van der Waals surface area contributed by atoms with E-state index in [0.717, 1.165) is 0 Å². The van der Waals surface area contributed by atoms with Gasteiger partial charge in [0.2, 0.25) is 0 Å². The van der Waals surface area contributed by atoms with Crippen molar-refractivity contribution < 1.29 is 4.79 Å². The highest BCUT2D eigenvalue weighted by Gasteiger charge is 2.16. The van der Waals surface area contributed by atoms with Gasteiger partial charge in [0.1, 0.15) is 5.78 Å². The molecule has 0 spiro atoms. The molecule has 2 nitrogen and oxygen atoms in total. The van der Waals surface area contributed by atoms with E-state index in [0.29, 0.717) is 18.6 Å². The van der Waals surface area contributed by atoms with E-state index in [2.05, 4.69) is 36.2 Å². The number of aromatic nitrogens is 1. The smallest absolute Gasteiger partial charge is 0.141 e. The number of hydrogen-bond acceptors (Lipinski definition) is 1. The lowest BCUT2D eigenvalue weighted by atomic mass is 10.1. The molecule has 1 aliphatic rings. The van der Waals surface area contributed by atoms with Crippen LogP contribution < -0.4 is 0 Å². The minimum Gasteiger partial charge on any atom is -0.364 e. The van der Waals surface area contributed by atoms with Gasteiger partial charge in [-0.3, -0.25) is 4.79 Å². The molecule has 20 heavy (non-hydrogen) atoms. The molecule has 2 heteroatoms. The van der Waals surface area contributed by atoms with Gasteiger partial charge in [0, 0.05) is 30.1 Å². The van der Waals surface area contributed by atoms with Crippen LogP contribution in [0, 0.1) is 6.92 Å². The molecule has 0 saturated carbocycles. The maximum Gasteiger partial charge on any atom is 0.141 e. The molecule has 0 saturated heterocycles. The van der Waals surface area contributed by atoms with Crippen molar-refractivity contribution in [3.63, 3.8) is 0 Å². The quantitative estimate of drug-likeness (QED) is 0.657. The van der Waals surface area contributed by atoms with Crippen molar-refractivity contribution >= 4 is 16.6 Å². The minimum absolute atomic E-state index is 0.348. The normalized spacial score (nSPS) is 12.9. The maximum absolute atomic E-state index is 10.9. The molecule has 0 fully saturated rings. The standard InChI is InChI=1S/C9H9N.C9H8O/c1-7-9-5-3-2-4-8(9)6-10-7;10-9-5-7-3-1-2-4-8(7)6-9/h2-6,10H,1H3;1-4H,5-6H2. The minimum atomic E-state index is 0.348. The van der Waals surface area contributed by atoms with Crippen molar-refractivity contribution in [2.45, 2.75) is 19.8 Å². The number of carbonyl (C=O) groups is 1. The van der Waals surface area contributed by atoms with Gasteiger partial charge < -0.3 is 4.98 Å². The average Bonchev–Trinajstić information content (AvgIpc) is 3.02. The topological polar surface area (TPSA) is 32.9 Å². The van der Waals surface area contributed by atoms with Gasteiger partial charge in [-0.15, -0.1) is 0 Å². The summed E-state index contributed by atoms with van der Waals surface area (Å²) in [6.45, 7) is 2.09. The summed E-state index contributed by atoms with van der Waals surface area (Å²) in [5.74, 6) is 0.348. The van der Waals surface area contributed by atoms with Crippen LogP contribution in [-0.2, 0) is 17.6 Å². The summed E-state index contributed by atoms with van der Waals surface area (Å²) in [5, 5.41) is 2.61. The van der Waals surface area contributed by atoms with Gasteiger partial charge in [-0.1, -0.05) is 48.5 Å². The number of aryl methyl sites for hydroxylation is 1. The Kier molecular flexibility index (Phi) is 3.38. The van der Waals surface area contributed by atoms with Crippen LogP contribution in [0.15, 0.2) is 54.7 Å². The van der Waals surface area contributed by atoms with Crippen LogP contribution in [-0.4, -0.2) is 10.8 Å². The van der Waals surface area contributed by atoms with Gasteiger partial charge in [-0.25, -0.2) is 0 Å². The highest BCUT2D eigenvalue weighted by atomic mass is 16.1. The fourth-order valence-corrected chi connectivity index (χ4v) is 2.62. The number of benzene rings is 2. The zero-order valence-electron chi connectivity index (χ0n) is 11.5. The molecule has 1 aliphatic carbocycles. The van der Waals surface area contributed by atoms with E-state index in [1.165, 1.54) is 27.6 Å². The lowest BCUT2D eigenvalue weighted by molar-refractivity contribution is -0.117. The Hall–Kier alpha value is -2.35. The fourth-order valence-electron chi connectivity index (χ4n) is 2.62. The summed E-state index contributed by atoms with van der Waals surface area (Å²) in [4.78, 5) is 14.1. The van der Waals surface area contributed by atoms with Crippen LogP contribution in [0.2, 0.25) is 0 Å². The van der Waals surface area contributed by atoms with Crippen LogP contribution >= 0.6 is 0 Å². The van der Waals surface area contributed by atoms with E-state index >= 15 is 0 Å². The second kappa shape index (κ2) is 5.33. The summed E-state index contributed by atoms with van der Waals surface area (Å²) < 4.78 is 0. The van der Waals surface area contributed by atoms with E-state index in [-0.39, 0.29) is 0 Å². The van der Waals surface area contributed by atoms with Gasteiger partial charge in [-0.2, -0.15) is 0 Å². The van der Waals surface area contributed by atoms with Gasteiger partial charge >= 0.3 is 0 Å². The molecule has 0 unspecified atom stereocenters. The molecule has 0 amide bonds. The lowest BCUT2D eigenvalue weighted by Gasteiger charge is -1.91. The number of aromatic amines is 1. The number of rotatable bonds is 0. The number of fused-ring (bicyclic) bond motifs is 2. The zero-order valence-corrected chi connectivity index (χ0v) is 11.5. The zero-order chi connectivity index (χ0) is 13.9. The molecule has 4 rings (SSSR count). The SMILES string of the molecule is Cc1[nH]cc2ccccc12.O=C1Cc2ccccc2C1. The van der Waals surface area contributed by atoms with E-state index in [9.17, 15) is 4.79 Å². The third kappa shape index (κ3) is 2.50. The predicted molar refractivity (Wildman–Crippen MR) is 81.9 cm³/mol. The number of hydrogen-bond donors (Lipinski definition) is 1. The van der Waals surface area contributed by atoms with E-state index < -0.39 is 0 Å². The summed E-state index contributed by atoms with van der Waals surface area (Å²) in [6, 6.07) is 16.4. The molecular formula is C18H17NO. The molecule has 1 aromatic heterocycles. The number of carbonyl (C=O) groups excluding carboxylic acids is 1. The van der Waals surface area contributed by atoms with Crippen molar-refractivity contribution in [2.75, 3.05) is 0 Å². The maximum atomic E-state index is 10.9. The van der Waals surface area contributed by atoms with Gasteiger partial charge in [0.05, 0.1) is 0 Å². The first-order valence-corrected chi connectivity index (χ1v) is 6.85. The fraction of sp³-hybridized carbons (Fsp3) is 0.167. The molecule has 0 bridgehead atoms. The van der Waals surface area contributed by atoms with E-state index in [1.807, 2.05) is 30.5 Å². The molecule has 0 radical (unpaired) electrons. The van der Waals surface area contributed by atoms with Crippen LogP contribution in [0.25, 0.3) is 10.8 Å². The van der Waals surface area contributed by atoms with E-state index in [1.54, 1.807) is 0 Å². The Morgan fingerprint density at radius 2 is 1.50 bits per heavy atom. The van der Waals surface area contributed by atoms with E-state index in [4.69, 9.17) is 0 Å².